The van der Waals surface area contributed by atoms with Crippen molar-refractivity contribution in [1.82, 2.24) is 5.32 Å². The highest BCUT2D eigenvalue weighted by Crippen LogP contribution is 2.24. The van der Waals surface area contributed by atoms with Crippen LogP contribution in [0.5, 0.6) is 0 Å². The van der Waals surface area contributed by atoms with Gasteiger partial charge < -0.3 is 20.0 Å². The number of thioether (sulfide) groups is 1. The van der Waals surface area contributed by atoms with E-state index in [4.69, 9.17) is 16.6 Å². The Morgan fingerprint density at radius 3 is 3.00 bits per heavy atom. The van der Waals surface area contributed by atoms with E-state index in [1.165, 1.54) is 0 Å². The van der Waals surface area contributed by atoms with Crippen LogP contribution in [-0.2, 0) is 10.5 Å². The first-order valence-corrected chi connectivity index (χ1v) is 9.84. The van der Waals surface area contributed by atoms with E-state index in [-0.39, 0.29) is 5.91 Å². The average molecular weight is 376 g/mol. The quantitative estimate of drug-likeness (QED) is 0.569. The molecule has 1 aliphatic rings. The first-order valence-electron chi connectivity index (χ1n) is 8.28. The lowest BCUT2D eigenvalue weighted by Gasteiger charge is -2.17. The van der Waals surface area contributed by atoms with Crippen molar-refractivity contribution in [1.29, 1.82) is 0 Å². The fourth-order valence-electron chi connectivity index (χ4n) is 2.65. The van der Waals surface area contributed by atoms with Gasteiger partial charge in [0.15, 0.2) is 5.11 Å². The minimum Gasteiger partial charge on any atom is -0.468 e. The van der Waals surface area contributed by atoms with Crippen molar-refractivity contribution in [2.45, 2.75) is 18.6 Å². The van der Waals surface area contributed by atoms with Crippen LogP contribution in [0.15, 0.2) is 47.1 Å². The highest BCUT2D eigenvalue weighted by Gasteiger charge is 2.21. The van der Waals surface area contributed by atoms with Crippen molar-refractivity contribution >= 4 is 46.4 Å². The highest BCUT2D eigenvalue weighted by molar-refractivity contribution is 7.98. The third kappa shape index (κ3) is 5.24. The maximum Gasteiger partial charge on any atom is 0.227 e. The zero-order chi connectivity index (χ0) is 17.5. The molecule has 2 N–H and O–H groups in total. The molecular formula is C18H21N3O2S2. The second kappa shape index (κ2) is 8.92. The van der Waals surface area contributed by atoms with E-state index >= 15 is 0 Å². The van der Waals surface area contributed by atoms with E-state index in [0.717, 1.165) is 48.2 Å². The Hall–Kier alpha value is -1.99. The van der Waals surface area contributed by atoms with E-state index < -0.39 is 0 Å². The predicted octanol–water partition coefficient (Wildman–Crippen LogP) is 3.63. The van der Waals surface area contributed by atoms with Gasteiger partial charge in [-0.1, -0.05) is 6.07 Å². The van der Waals surface area contributed by atoms with Crippen LogP contribution in [0.4, 0.5) is 11.4 Å². The summed E-state index contributed by atoms with van der Waals surface area (Å²) in [5.74, 6) is 2.97. The molecule has 1 aromatic carbocycles. The molecule has 0 radical (unpaired) electrons. The molecule has 0 aliphatic carbocycles. The molecule has 132 valence electrons. The number of furan rings is 1. The molecule has 0 saturated carbocycles. The Morgan fingerprint density at radius 2 is 2.24 bits per heavy atom. The van der Waals surface area contributed by atoms with Gasteiger partial charge in [-0.15, -0.1) is 0 Å². The minimum atomic E-state index is 0.187. The third-order valence-corrected chi connectivity index (χ3v) is 5.07. The van der Waals surface area contributed by atoms with Gasteiger partial charge in [0.2, 0.25) is 5.91 Å². The zero-order valence-corrected chi connectivity index (χ0v) is 15.5. The Balaban J connectivity index is 1.41. The van der Waals surface area contributed by atoms with Gasteiger partial charge in [-0.3, -0.25) is 4.79 Å². The predicted molar refractivity (Wildman–Crippen MR) is 107 cm³/mol. The first kappa shape index (κ1) is 17.8. The standard InChI is InChI=1S/C18H21N3O2S2/c22-17-7-2-9-21(17)15-5-1-4-14(12-15)20-18(24)19-8-11-25-13-16-6-3-10-23-16/h1,3-6,10,12H,2,7-9,11,13H2,(H2,19,20,24). The number of hydrogen-bond donors (Lipinski definition) is 2. The van der Waals surface area contributed by atoms with Gasteiger partial charge in [-0.25, -0.2) is 0 Å². The molecular weight excluding hydrogens is 354 g/mol. The molecule has 1 amide bonds. The fourth-order valence-corrected chi connectivity index (χ4v) is 3.63. The molecule has 2 aromatic rings. The number of thiocarbonyl (C=S) groups is 1. The third-order valence-electron chi connectivity index (χ3n) is 3.85. The van der Waals surface area contributed by atoms with E-state index in [1.54, 1.807) is 18.0 Å². The number of rotatable bonds is 7. The number of nitrogens with zero attached hydrogens (tertiary/aromatic N) is 1. The summed E-state index contributed by atoms with van der Waals surface area (Å²) in [7, 11) is 0. The van der Waals surface area contributed by atoms with Crippen molar-refractivity contribution in [2.24, 2.45) is 0 Å². The molecule has 1 fully saturated rings. The highest BCUT2D eigenvalue weighted by atomic mass is 32.2. The summed E-state index contributed by atoms with van der Waals surface area (Å²) < 4.78 is 5.29. The number of carbonyl (C=O) groups excluding carboxylic acids is 1. The number of anilines is 2. The van der Waals surface area contributed by atoms with E-state index in [9.17, 15) is 4.79 Å². The van der Waals surface area contributed by atoms with Crippen LogP contribution in [0.2, 0.25) is 0 Å². The Bertz CT molecular complexity index is 719. The van der Waals surface area contributed by atoms with Gasteiger partial charge in [-0.2, -0.15) is 11.8 Å². The summed E-state index contributed by atoms with van der Waals surface area (Å²) in [6.45, 7) is 1.57. The number of hydrogen-bond acceptors (Lipinski definition) is 4. The largest absolute Gasteiger partial charge is 0.468 e. The smallest absolute Gasteiger partial charge is 0.227 e. The SMILES string of the molecule is O=C1CCCN1c1cccc(NC(=S)NCCSCc2ccco2)c1. The number of carbonyl (C=O) groups is 1. The lowest BCUT2D eigenvalue weighted by atomic mass is 10.2. The van der Waals surface area contributed by atoms with Gasteiger partial charge in [0.1, 0.15) is 5.76 Å². The van der Waals surface area contributed by atoms with Gasteiger partial charge in [0, 0.05) is 36.6 Å². The van der Waals surface area contributed by atoms with Crippen LogP contribution in [0.3, 0.4) is 0 Å². The van der Waals surface area contributed by atoms with Gasteiger partial charge in [-0.05, 0) is 49.0 Å². The summed E-state index contributed by atoms with van der Waals surface area (Å²) in [5, 5.41) is 6.96. The van der Waals surface area contributed by atoms with Gasteiger partial charge in [0.25, 0.3) is 0 Å². The maximum atomic E-state index is 11.9. The normalized spacial score (nSPS) is 13.9. The Morgan fingerprint density at radius 1 is 1.32 bits per heavy atom. The monoisotopic (exact) mass is 375 g/mol. The lowest BCUT2D eigenvalue weighted by Crippen LogP contribution is -2.30. The number of benzene rings is 1. The molecule has 5 nitrogen and oxygen atoms in total. The fraction of sp³-hybridized carbons (Fsp3) is 0.333. The molecule has 0 spiro atoms. The molecule has 3 rings (SSSR count). The summed E-state index contributed by atoms with van der Waals surface area (Å²) >= 11 is 7.13. The number of amides is 1. The van der Waals surface area contributed by atoms with Crippen LogP contribution in [0, 0.1) is 0 Å². The maximum absolute atomic E-state index is 11.9. The zero-order valence-electron chi connectivity index (χ0n) is 13.9. The van der Waals surface area contributed by atoms with Crippen LogP contribution in [0.1, 0.15) is 18.6 Å². The molecule has 0 bridgehead atoms. The van der Waals surface area contributed by atoms with E-state index in [2.05, 4.69) is 10.6 Å². The summed E-state index contributed by atoms with van der Waals surface area (Å²) in [5.41, 5.74) is 1.81. The topological polar surface area (TPSA) is 57.5 Å². The second-order valence-corrected chi connectivity index (χ2v) is 7.23. The second-order valence-electron chi connectivity index (χ2n) is 5.71. The Labute approximate surface area is 157 Å². The summed E-state index contributed by atoms with van der Waals surface area (Å²) in [6, 6.07) is 11.7. The molecule has 1 saturated heterocycles. The van der Waals surface area contributed by atoms with Crippen LogP contribution in [0.25, 0.3) is 0 Å². The van der Waals surface area contributed by atoms with Crippen molar-refractivity contribution in [3.8, 4) is 0 Å². The molecule has 0 unspecified atom stereocenters. The molecule has 0 atom stereocenters. The summed E-state index contributed by atoms with van der Waals surface area (Å²) in [4.78, 5) is 13.7. The van der Waals surface area contributed by atoms with Crippen LogP contribution >= 0.6 is 24.0 Å². The minimum absolute atomic E-state index is 0.187. The van der Waals surface area contributed by atoms with Crippen LogP contribution in [-0.4, -0.2) is 29.9 Å². The Kier molecular flexibility index (Phi) is 6.36. The number of nitrogens with one attached hydrogen (secondary N) is 2. The van der Waals surface area contributed by atoms with Crippen molar-refractivity contribution < 1.29 is 9.21 Å². The molecule has 1 aromatic heterocycles. The van der Waals surface area contributed by atoms with Crippen molar-refractivity contribution in [3.63, 3.8) is 0 Å². The van der Waals surface area contributed by atoms with Gasteiger partial charge in [0.05, 0.1) is 12.0 Å². The molecule has 2 heterocycles. The lowest BCUT2D eigenvalue weighted by molar-refractivity contribution is -0.117. The molecule has 25 heavy (non-hydrogen) atoms. The van der Waals surface area contributed by atoms with Crippen LogP contribution < -0.4 is 15.5 Å². The van der Waals surface area contributed by atoms with Crippen molar-refractivity contribution in [3.05, 3.63) is 48.4 Å². The van der Waals surface area contributed by atoms with E-state index in [0.29, 0.717) is 11.5 Å². The molecule has 1 aliphatic heterocycles. The summed E-state index contributed by atoms with van der Waals surface area (Å²) in [6.07, 6.45) is 3.25. The van der Waals surface area contributed by atoms with Gasteiger partial charge >= 0.3 is 0 Å². The van der Waals surface area contributed by atoms with E-state index in [1.807, 2.05) is 41.3 Å². The molecule has 7 heteroatoms. The first-order chi connectivity index (χ1) is 12.2. The average Bonchev–Trinajstić information content (AvgIpc) is 3.26. The van der Waals surface area contributed by atoms with Crippen molar-refractivity contribution in [2.75, 3.05) is 29.1 Å².